The van der Waals surface area contributed by atoms with Gasteiger partial charge in [0.05, 0.1) is 6.10 Å². The standard InChI is InChI=1S/C19H22O2/c1-13-6-7-15(10-14(13)2)12-21-17-8-9-18-16(11-17)4-3-5-19(18)20/h6-11,19-20H,3-5,12H2,1-2H3. The van der Waals surface area contributed by atoms with E-state index in [4.69, 9.17) is 4.74 Å². The Morgan fingerprint density at radius 3 is 2.76 bits per heavy atom. The van der Waals surface area contributed by atoms with Crippen LogP contribution in [0.15, 0.2) is 36.4 Å². The van der Waals surface area contributed by atoms with E-state index in [0.29, 0.717) is 6.61 Å². The summed E-state index contributed by atoms with van der Waals surface area (Å²) in [5.41, 5.74) is 6.09. The molecule has 0 amide bonds. The second-order valence-corrected chi connectivity index (χ2v) is 5.98. The van der Waals surface area contributed by atoms with Crippen LogP contribution in [0.5, 0.6) is 5.75 Å². The van der Waals surface area contributed by atoms with Crippen molar-refractivity contribution < 1.29 is 9.84 Å². The number of aliphatic hydroxyl groups excluding tert-OH is 1. The highest BCUT2D eigenvalue weighted by Gasteiger charge is 2.18. The number of hydrogen-bond acceptors (Lipinski definition) is 2. The number of aliphatic hydroxyl groups is 1. The summed E-state index contributed by atoms with van der Waals surface area (Å²) in [5.74, 6) is 0.890. The number of aryl methyl sites for hydroxylation is 3. The fourth-order valence-corrected chi connectivity index (χ4v) is 2.91. The molecule has 0 heterocycles. The van der Waals surface area contributed by atoms with E-state index in [2.05, 4.69) is 38.1 Å². The highest BCUT2D eigenvalue weighted by atomic mass is 16.5. The first kappa shape index (κ1) is 14.2. The number of fused-ring (bicyclic) bond motifs is 1. The molecule has 21 heavy (non-hydrogen) atoms. The van der Waals surface area contributed by atoms with E-state index < -0.39 is 0 Å². The van der Waals surface area contributed by atoms with Gasteiger partial charge >= 0.3 is 0 Å². The Morgan fingerprint density at radius 2 is 1.95 bits per heavy atom. The van der Waals surface area contributed by atoms with Crippen LogP contribution in [0, 0.1) is 13.8 Å². The Labute approximate surface area is 126 Å². The first-order chi connectivity index (χ1) is 10.1. The summed E-state index contributed by atoms with van der Waals surface area (Å²) in [5, 5.41) is 9.98. The highest BCUT2D eigenvalue weighted by Crippen LogP contribution is 2.32. The molecule has 1 atom stereocenters. The fraction of sp³-hybridized carbons (Fsp3) is 0.368. The van der Waals surface area contributed by atoms with Gasteiger partial charge in [-0.15, -0.1) is 0 Å². The van der Waals surface area contributed by atoms with Crippen LogP contribution in [0.2, 0.25) is 0 Å². The molecule has 0 fully saturated rings. The molecule has 0 spiro atoms. The average Bonchev–Trinajstić information content (AvgIpc) is 2.49. The van der Waals surface area contributed by atoms with Crippen molar-refractivity contribution in [1.29, 1.82) is 0 Å². The molecule has 0 radical (unpaired) electrons. The van der Waals surface area contributed by atoms with E-state index in [-0.39, 0.29) is 6.10 Å². The Balaban J connectivity index is 1.72. The van der Waals surface area contributed by atoms with Crippen LogP contribution < -0.4 is 4.74 Å². The maximum Gasteiger partial charge on any atom is 0.120 e. The molecular formula is C19H22O2. The van der Waals surface area contributed by atoms with Gasteiger partial charge in [-0.2, -0.15) is 0 Å². The minimum atomic E-state index is -0.303. The van der Waals surface area contributed by atoms with Gasteiger partial charge in [-0.3, -0.25) is 0 Å². The van der Waals surface area contributed by atoms with Gasteiger partial charge in [0, 0.05) is 0 Å². The molecular weight excluding hydrogens is 260 g/mol. The predicted octanol–water partition coefficient (Wildman–Crippen LogP) is 4.25. The lowest BCUT2D eigenvalue weighted by molar-refractivity contribution is 0.156. The normalized spacial score (nSPS) is 17.4. The van der Waals surface area contributed by atoms with Gasteiger partial charge in [0.2, 0.25) is 0 Å². The first-order valence-electron chi connectivity index (χ1n) is 7.63. The van der Waals surface area contributed by atoms with Crippen molar-refractivity contribution in [3.8, 4) is 5.75 Å². The minimum absolute atomic E-state index is 0.303. The molecule has 1 aliphatic rings. The van der Waals surface area contributed by atoms with Gasteiger partial charge in [-0.05, 0) is 73.1 Å². The molecule has 2 heteroatoms. The second kappa shape index (κ2) is 5.90. The SMILES string of the molecule is Cc1ccc(COc2ccc3c(c2)CCCC3O)cc1C. The third kappa shape index (κ3) is 3.11. The molecule has 0 aromatic heterocycles. The van der Waals surface area contributed by atoms with E-state index in [1.807, 2.05) is 12.1 Å². The zero-order valence-electron chi connectivity index (χ0n) is 12.7. The molecule has 0 saturated carbocycles. The summed E-state index contributed by atoms with van der Waals surface area (Å²) >= 11 is 0. The summed E-state index contributed by atoms with van der Waals surface area (Å²) in [6, 6.07) is 12.5. The molecule has 0 saturated heterocycles. The summed E-state index contributed by atoms with van der Waals surface area (Å²) in [4.78, 5) is 0. The Bertz CT molecular complexity index is 646. The largest absolute Gasteiger partial charge is 0.489 e. The lowest BCUT2D eigenvalue weighted by Crippen LogP contribution is -2.09. The minimum Gasteiger partial charge on any atom is -0.489 e. The summed E-state index contributed by atoms with van der Waals surface area (Å²) in [6.07, 6.45) is 2.65. The monoisotopic (exact) mass is 282 g/mol. The Morgan fingerprint density at radius 1 is 1.10 bits per heavy atom. The van der Waals surface area contributed by atoms with Crippen molar-refractivity contribution in [3.05, 3.63) is 64.2 Å². The molecule has 1 unspecified atom stereocenters. The zero-order chi connectivity index (χ0) is 14.8. The van der Waals surface area contributed by atoms with Gasteiger partial charge in [0.25, 0.3) is 0 Å². The smallest absolute Gasteiger partial charge is 0.120 e. The maximum atomic E-state index is 9.98. The number of ether oxygens (including phenoxy) is 1. The molecule has 1 aliphatic carbocycles. The molecule has 2 nitrogen and oxygen atoms in total. The quantitative estimate of drug-likeness (QED) is 0.911. The molecule has 110 valence electrons. The van der Waals surface area contributed by atoms with Crippen LogP contribution in [-0.4, -0.2) is 5.11 Å². The van der Waals surface area contributed by atoms with E-state index in [9.17, 15) is 5.11 Å². The predicted molar refractivity (Wildman–Crippen MR) is 84.6 cm³/mol. The lowest BCUT2D eigenvalue weighted by Gasteiger charge is -2.21. The van der Waals surface area contributed by atoms with Crippen LogP contribution in [0.1, 0.15) is 46.8 Å². The van der Waals surface area contributed by atoms with Crippen molar-refractivity contribution in [3.63, 3.8) is 0 Å². The van der Waals surface area contributed by atoms with Crippen LogP contribution in [0.25, 0.3) is 0 Å². The third-order valence-electron chi connectivity index (χ3n) is 4.37. The van der Waals surface area contributed by atoms with Gasteiger partial charge in [0.15, 0.2) is 0 Å². The Hall–Kier alpha value is -1.80. The number of benzene rings is 2. The van der Waals surface area contributed by atoms with E-state index in [1.54, 1.807) is 0 Å². The van der Waals surface area contributed by atoms with E-state index >= 15 is 0 Å². The number of hydrogen-bond donors (Lipinski definition) is 1. The maximum absolute atomic E-state index is 9.98. The third-order valence-corrected chi connectivity index (χ3v) is 4.37. The molecule has 3 rings (SSSR count). The zero-order valence-corrected chi connectivity index (χ0v) is 12.7. The van der Waals surface area contributed by atoms with Crippen LogP contribution in [0.4, 0.5) is 0 Å². The average molecular weight is 282 g/mol. The van der Waals surface area contributed by atoms with Crippen molar-refractivity contribution in [2.24, 2.45) is 0 Å². The summed E-state index contributed by atoms with van der Waals surface area (Å²) in [7, 11) is 0. The molecule has 1 N–H and O–H groups in total. The van der Waals surface area contributed by atoms with Crippen LogP contribution >= 0.6 is 0 Å². The molecule has 2 aromatic carbocycles. The first-order valence-corrected chi connectivity index (χ1v) is 7.63. The fourth-order valence-electron chi connectivity index (χ4n) is 2.91. The summed E-state index contributed by atoms with van der Waals surface area (Å²) in [6.45, 7) is 4.83. The van der Waals surface area contributed by atoms with Gasteiger partial charge in [0.1, 0.15) is 12.4 Å². The second-order valence-electron chi connectivity index (χ2n) is 5.98. The van der Waals surface area contributed by atoms with Crippen LogP contribution in [-0.2, 0) is 13.0 Å². The van der Waals surface area contributed by atoms with Gasteiger partial charge < -0.3 is 9.84 Å². The topological polar surface area (TPSA) is 29.5 Å². The summed E-state index contributed by atoms with van der Waals surface area (Å²) < 4.78 is 5.91. The lowest BCUT2D eigenvalue weighted by atomic mass is 9.89. The van der Waals surface area contributed by atoms with Gasteiger partial charge in [-0.1, -0.05) is 24.3 Å². The van der Waals surface area contributed by atoms with Crippen molar-refractivity contribution in [1.82, 2.24) is 0 Å². The highest BCUT2D eigenvalue weighted by molar-refractivity contribution is 5.38. The van der Waals surface area contributed by atoms with Crippen molar-refractivity contribution in [2.75, 3.05) is 0 Å². The Kier molecular flexibility index (Phi) is 3.98. The molecule has 0 aliphatic heterocycles. The van der Waals surface area contributed by atoms with E-state index in [0.717, 1.165) is 30.6 Å². The van der Waals surface area contributed by atoms with Crippen molar-refractivity contribution in [2.45, 2.75) is 45.8 Å². The van der Waals surface area contributed by atoms with Crippen molar-refractivity contribution >= 4 is 0 Å². The van der Waals surface area contributed by atoms with Crippen LogP contribution in [0.3, 0.4) is 0 Å². The molecule has 2 aromatic rings. The van der Waals surface area contributed by atoms with Gasteiger partial charge in [-0.25, -0.2) is 0 Å². The number of rotatable bonds is 3. The molecule has 0 bridgehead atoms. The van der Waals surface area contributed by atoms with E-state index in [1.165, 1.54) is 22.3 Å².